The molecule has 0 saturated heterocycles. The van der Waals surface area contributed by atoms with Crippen molar-refractivity contribution in [3.63, 3.8) is 0 Å². The van der Waals surface area contributed by atoms with E-state index in [4.69, 9.17) is 18.9 Å². The lowest BCUT2D eigenvalue weighted by Gasteiger charge is -2.05. The van der Waals surface area contributed by atoms with Crippen LogP contribution in [0.4, 0.5) is 9.59 Å². The summed E-state index contributed by atoms with van der Waals surface area (Å²) in [5, 5.41) is 7.63. The third-order valence-corrected chi connectivity index (χ3v) is 1.99. The van der Waals surface area contributed by atoms with Gasteiger partial charge in [-0.2, -0.15) is 0 Å². The van der Waals surface area contributed by atoms with E-state index in [9.17, 15) is 9.59 Å². The summed E-state index contributed by atoms with van der Waals surface area (Å²) in [5.41, 5.74) is 0. The summed E-state index contributed by atoms with van der Waals surface area (Å²) >= 11 is 0. The summed E-state index contributed by atoms with van der Waals surface area (Å²) in [6, 6.07) is 0. The number of carbonyl (C=O) groups is 2. The van der Waals surface area contributed by atoms with Crippen molar-refractivity contribution in [2.45, 2.75) is 0 Å². The zero-order valence-corrected chi connectivity index (χ0v) is 13.6. The number of rotatable bonds is 15. The van der Waals surface area contributed by atoms with Crippen LogP contribution in [0.5, 0.6) is 0 Å². The Bertz CT molecular complexity index is 280. The van der Waals surface area contributed by atoms with Crippen LogP contribution in [-0.4, -0.2) is 79.4 Å². The molecule has 0 bridgehead atoms. The van der Waals surface area contributed by atoms with Crippen molar-refractivity contribution < 1.29 is 57.9 Å². The standard InChI is InChI=1S/C12H22O12/c1-15-3-5-17-7-9-19-11(13)21-23-24-22-12(14)20-10-8-18-6-4-16-2/h3-10H2,1-2H3. The quantitative estimate of drug-likeness (QED) is 0.174. The predicted molar refractivity (Wildman–Crippen MR) is 72.4 cm³/mol. The van der Waals surface area contributed by atoms with Crippen LogP contribution in [0.2, 0.25) is 0 Å². The molecule has 0 rings (SSSR count). The third-order valence-electron chi connectivity index (χ3n) is 1.99. The van der Waals surface area contributed by atoms with Gasteiger partial charge < -0.3 is 28.4 Å². The van der Waals surface area contributed by atoms with Crippen molar-refractivity contribution >= 4 is 12.3 Å². The first-order valence-corrected chi connectivity index (χ1v) is 6.85. The largest absolute Gasteiger partial charge is 0.542 e. The lowest BCUT2D eigenvalue weighted by Crippen LogP contribution is -2.16. The van der Waals surface area contributed by atoms with Crippen molar-refractivity contribution in [1.82, 2.24) is 0 Å². The van der Waals surface area contributed by atoms with E-state index in [1.165, 1.54) is 14.2 Å². The minimum Gasteiger partial charge on any atom is -0.430 e. The fraction of sp³-hybridized carbons (Fsp3) is 0.833. The summed E-state index contributed by atoms with van der Waals surface area (Å²) in [4.78, 5) is 29.8. The Balaban J connectivity index is 3.31. The fourth-order valence-corrected chi connectivity index (χ4v) is 0.988. The first kappa shape index (κ1) is 22.3. The highest BCUT2D eigenvalue weighted by molar-refractivity contribution is 5.59. The number of hydrogen-bond acceptors (Lipinski definition) is 12. The lowest BCUT2D eigenvalue weighted by atomic mass is 10.7. The molecule has 0 aromatic heterocycles. The van der Waals surface area contributed by atoms with Gasteiger partial charge in [0.2, 0.25) is 0 Å². The van der Waals surface area contributed by atoms with Crippen molar-refractivity contribution in [3.8, 4) is 0 Å². The van der Waals surface area contributed by atoms with Crippen LogP contribution < -0.4 is 0 Å². The number of ether oxygens (including phenoxy) is 6. The van der Waals surface area contributed by atoms with Crippen molar-refractivity contribution in [3.05, 3.63) is 0 Å². The monoisotopic (exact) mass is 358 g/mol. The van der Waals surface area contributed by atoms with E-state index < -0.39 is 12.3 Å². The second-order valence-electron chi connectivity index (χ2n) is 3.71. The molecule has 24 heavy (non-hydrogen) atoms. The highest BCUT2D eigenvalue weighted by Crippen LogP contribution is 1.93. The SMILES string of the molecule is COCCOCCOC(=O)OOOOC(=O)OCCOCCOC. The Morgan fingerprint density at radius 3 is 1.33 bits per heavy atom. The zero-order chi connectivity index (χ0) is 17.9. The van der Waals surface area contributed by atoms with Crippen molar-refractivity contribution in [1.29, 1.82) is 0 Å². The van der Waals surface area contributed by atoms with E-state index >= 15 is 0 Å². The summed E-state index contributed by atoms with van der Waals surface area (Å²) in [6.07, 6.45) is -2.43. The third kappa shape index (κ3) is 16.7. The van der Waals surface area contributed by atoms with Gasteiger partial charge in [-0.1, -0.05) is 0 Å². The maximum atomic E-state index is 10.9. The average molecular weight is 358 g/mol. The molecule has 12 heteroatoms. The molecule has 0 spiro atoms. The van der Waals surface area contributed by atoms with E-state index in [0.717, 1.165) is 0 Å². The Labute approximate surface area is 138 Å². The molecule has 0 heterocycles. The topological polar surface area (TPSA) is 126 Å². The van der Waals surface area contributed by atoms with Crippen LogP contribution in [0.15, 0.2) is 0 Å². The van der Waals surface area contributed by atoms with Gasteiger partial charge in [0, 0.05) is 24.3 Å². The van der Waals surface area contributed by atoms with Crippen molar-refractivity contribution in [2.24, 2.45) is 0 Å². The first-order valence-electron chi connectivity index (χ1n) is 6.85. The van der Waals surface area contributed by atoms with E-state index in [-0.39, 0.29) is 26.4 Å². The molecule has 0 aliphatic heterocycles. The second kappa shape index (κ2) is 17.7. The molecule has 0 radical (unpaired) electrons. The molecule has 0 fully saturated rings. The minimum atomic E-state index is -1.21. The molecule has 12 nitrogen and oxygen atoms in total. The van der Waals surface area contributed by atoms with Crippen LogP contribution in [0, 0.1) is 0 Å². The molecule has 0 N–H and O–H groups in total. The van der Waals surface area contributed by atoms with E-state index in [0.29, 0.717) is 26.4 Å². The van der Waals surface area contributed by atoms with Crippen LogP contribution in [-0.2, 0) is 48.3 Å². The predicted octanol–water partition coefficient (Wildman–Crippen LogP) is 0.397. The molecule has 0 saturated carbocycles. The highest BCUT2D eigenvalue weighted by Gasteiger charge is 2.09. The van der Waals surface area contributed by atoms with Crippen LogP contribution >= 0.6 is 0 Å². The molecule has 142 valence electrons. The Kier molecular flexibility index (Phi) is 16.4. The highest BCUT2D eigenvalue weighted by atomic mass is 17.7. The van der Waals surface area contributed by atoms with E-state index in [1.54, 1.807) is 0 Å². The summed E-state index contributed by atoms with van der Waals surface area (Å²) < 4.78 is 28.5. The Hall–Kier alpha value is -1.70. The molecule has 0 unspecified atom stereocenters. The Morgan fingerprint density at radius 1 is 0.583 bits per heavy atom. The summed E-state index contributed by atoms with van der Waals surface area (Å²) in [5.74, 6) is 0. The van der Waals surface area contributed by atoms with Crippen molar-refractivity contribution in [2.75, 3.05) is 67.1 Å². The van der Waals surface area contributed by atoms with Gasteiger partial charge >= 0.3 is 12.3 Å². The van der Waals surface area contributed by atoms with Crippen LogP contribution in [0.25, 0.3) is 0 Å². The number of carbonyl (C=O) groups excluding carboxylic acids is 2. The zero-order valence-electron chi connectivity index (χ0n) is 13.6. The van der Waals surface area contributed by atoms with Gasteiger partial charge in [-0.15, -0.1) is 0 Å². The normalized spacial score (nSPS) is 10.2. The van der Waals surface area contributed by atoms with E-state index in [1.807, 2.05) is 0 Å². The van der Waals surface area contributed by atoms with Gasteiger partial charge in [0.05, 0.1) is 39.6 Å². The molecule has 0 aliphatic carbocycles. The molecule has 0 atom stereocenters. The number of methoxy groups -OCH3 is 2. The minimum absolute atomic E-state index is 0.0715. The Morgan fingerprint density at radius 2 is 0.958 bits per heavy atom. The first-order chi connectivity index (χ1) is 11.7. The maximum Gasteiger partial charge on any atom is 0.542 e. The maximum absolute atomic E-state index is 10.9. The second-order valence-corrected chi connectivity index (χ2v) is 3.71. The molecule has 0 aromatic carbocycles. The average Bonchev–Trinajstić information content (AvgIpc) is 2.58. The molecule has 0 aliphatic rings. The fourth-order valence-electron chi connectivity index (χ4n) is 0.988. The molecular weight excluding hydrogens is 336 g/mol. The number of hydrogen-bond donors (Lipinski definition) is 0. The lowest BCUT2D eigenvalue weighted by molar-refractivity contribution is -0.601. The van der Waals surface area contributed by atoms with E-state index in [2.05, 4.69) is 29.3 Å². The van der Waals surface area contributed by atoms with Gasteiger partial charge in [0.25, 0.3) is 0 Å². The smallest absolute Gasteiger partial charge is 0.430 e. The molecule has 0 aromatic rings. The summed E-state index contributed by atoms with van der Waals surface area (Å²) in [7, 11) is 3.06. The molecule has 0 amide bonds. The van der Waals surface area contributed by atoms with Gasteiger partial charge in [-0.3, -0.25) is 0 Å². The van der Waals surface area contributed by atoms with Crippen LogP contribution in [0.3, 0.4) is 0 Å². The molecular formula is C12H22O12. The van der Waals surface area contributed by atoms with Crippen LogP contribution in [0.1, 0.15) is 0 Å². The van der Waals surface area contributed by atoms with Gasteiger partial charge in [0.1, 0.15) is 13.2 Å². The van der Waals surface area contributed by atoms with Gasteiger partial charge in [0.15, 0.2) is 0 Å². The van der Waals surface area contributed by atoms with Gasteiger partial charge in [-0.25, -0.2) is 19.4 Å². The van der Waals surface area contributed by atoms with Gasteiger partial charge in [-0.05, 0) is 0 Å². The summed E-state index contributed by atoms with van der Waals surface area (Å²) in [6.45, 7) is 1.73.